The first kappa shape index (κ1) is 26.5. The number of anilines is 3. The highest BCUT2D eigenvalue weighted by atomic mass is 32.1. The molecule has 1 saturated heterocycles. The molecule has 2 heterocycles. The number of hydrogen-bond acceptors (Lipinski definition) is 9. The van der Waals surface area contributed by atoms with Crippen molar-refractivity contribution in [3.63, 3.8) is 0 Å². The minimum Gasteiger partial charge on any atom is -0.490 e. The maximum atomic E-state index is 13.1. The van der Waals surface area contributed by atoms with Crippen molar-refractivity contribution in [2.24, 2.45) is 0 Å². The van der Waals surface area contributed by atoms with Gasteiger partial charge in [-0.05, 0) is 63.9 Å². The molecule has 1 amide bonds. The van der Waals surface area contributed by atoms with Crippen LogP contribution in [0.4, 0.5) is 16.0 Å². The molecule has 0 spiro atoms. The minimum atomic E-state index is -0.313. The number of aromatic nitrogens is 2. The largest absolute Gasteiger partial charge is 0.490 e. The van der Waals surface area contributed by atoms with Crippen molar-refractivity contribution in [2.75, 3.05) is 61.1 Å². The Bertz CT molecular complexity index is 1200. The fourth-order valence-corrected chi connectivity index (χ4v) is 5.07. The van der Waals surface area contributed by atoms with Gasteiger partial charge in [0.1, 0.15) is 0 Å². The fourth-order valence-electron chi connectivity index (χ4n) is 4.28. The highest BCUT2D eigenvalue weighted by Crippen LogP contribution is 2.39. The van der Waals surface area contributed by atoms with Crippen LogP contribution in [0, 0.1) is 13.8 Å². The average Bonchev–Trinajstić information content (AvgIpc) is 3.36. The molecule has 37 heavy (non-hydrogen) atoms. The number of rotatable bonds is 10. The minimum absolute atomic E-state index is 0.313. The Morgan fingerprint density at radius 2 is 1.51 bits per heavy atom. The summed E-state index contributed by atoms with van der Waals surface area (Å²) in [7, 11) is 0. The molecule has 0 bridgehead atoms. The molecule has 2 aromatic carbocycles. The summed E-state index contributed by atoms with van der Waals surface area (Å²) < 4.78 is 17.2. The lowest BCUT2D eigenvalue weighted by atomic mass is 10.1. The zero-order chi connectivity index (χ0) is 26.4. The number of hydrogen-bond donors (Lipinski definition) is 1. The van der Waals surface area contributed by atoms with Gasteiger partial charge >= 0.3 is 0 Å². The molecule has 1 N–H and O–H groups in total. The lowest BCUT2D eigenvalue weighted by Gasteiger charge is -2.36. The number of nitrogens with one attached hydrogen (secondary N) is 1. The molecule has 10 heteroatoms. The van der Waals surface area contributed by atoms with Crippen molar-refractivity contribution in [3.8, 4) is 17.2 Å². The first-order valence-electron chi connectivity index (χ1n) is 12.7. The summed E-state index contributed by atoms with van der Waals surface area (Å²) in [5, 5.41) is 12.7. The predicted molar refractivity (Wildman–Crippen MR) is 148 cm³/mol. The molecule has 0 radical (unpaired) electrons. The first-order chi connectivity index (χ1) is 17.9. The van der Waals surface area contributed by atoms with Crippen LogP contribution < -0.4 is 29.3 Å². The van der Waals surface area contributed by atoms with E-state index in [1.54, 1.807) is 12.1 Å². The van der Waals surface area contributed by atoms with Gasteiger partial charge in [0.25, 0.3) is 5.91 Å². The Balaban J connectivity index is 1.43. The Hall–Kier alpha value is -3.53. The smallest absolute Gasteiger partial charge is 0.257 e. The monoisotopic (exact) mass is 525 g/mol. The molecule has 0 atom stereocenters. The molecule has 9 nitrogen and oxygen atoms in total. The second-order valence-corrected chi connectivity index (χ2v) is 9.66. The number of aryl methyl sites for hydroxylation is 2. The Morgan fingerprint density at radius 1 is 0.892 bits per heavy atom. The van der Waals surface area contributed by atoms with Gasteiger partial charge in [-0.1, -0.05) is 23.5 Å². The molecule has 1 aliphatic heterocycles. The van der Waals surface area contributed by atoms with Crippen molar-refractivity contribution in [1.82, 2.24) is 10.2 Å². The number of benzene rings is 2. The second kappa shape index (κ2) is 12.1. The van der Waals surface area contributed by atoms with E-state index in [-0.39, 0.29) is 5.91 Å². The fraction of sp³-hybridized carbons (Fsp3) is 0.444. The van der Waals surface area contributed by atoms with Gasteiger partial charge < -0.3 is 24.0 Å². The van der Waals surface area contributed by atoms with Crippen LogP contribution in [-0.2, 0) is 0 Å². The summed E-state index contributed by atoms with van der Waals surface area (Å²) in [4.78, 5) is 17.7. The molecular weight excluding hydrogens is 490 g/mol. The molecule has 0 saturated carbocycles. The average molecular weight is 526 g/mol. The zero-order valence-electron chi connectivity index (χ0n) is 22.2. The van der Waals surface area contributed by atoms with Crippen molar-refractivity contribution in [1.29, 1.82) is 0 Å². The van der Waals surface area contributed by atoms with Crippen molar-refractivity contribution in [3.05, 3.63) is 47.0 Å². The summed E-state index contributed by atoms with van der Waals surface area (Å²) >= 11 is 1.37. The quantitative estimate of drug-likeness (QED) is 0.399. The molecule has 3 aromatic rings. The number of amides is 1. The lowest BCUT2D eigenvalue weighted by Crippen LogP contribution is -2.46. The van der Waals surface area contributed by atoms with E-state index in [0.29, 0.717) is 47.8 Å². The van der Waals surface area contributed by atoms with Crippen molar-refractivity contribution < 1.29 is 19.0 Å². The number of ether oxygens (including phenoxy) is 3. The molecular formula is C27H35N5O4S. The van der Waals surface area contributed by atoms with E-state index in [2.05, 4.69) is 57.4 Å². The first-order valence-corrected chi connectivity index (χ1v) is 13.5. The van der Waals surface area contributed by atoms with Crippen LogP contribution in [0.25, 0.3) is 0 Å². The van der Waals surface area contributed by atoms with Gasteiger partial charge in [0.15, 0.2) is 11.5 Å². The number of nitrogens with zero attached hydrogens (tertiary/aromatic N) is 4. The highest BCUT2D eigenvalue weighted by molar-refractivity contribution is 7.19. The predicted octanol–water partition coefficient (Wildman–Crippen LogP) is 4.93. The maximum Gasteiger partial charge on any atom is 0.257 e. The SMILES string of the molecule is CCOc1cc(C(=O)Nc2nnc(N3CCN(c4cc(C)ccc4C)CC3)s2)cc(OCC)c1OCC. The third-order valence-corrected chi connectivity index (χ3v) is 6.96. The van der Waals surface area contributed by atoms with E-state index in [1.807, 2.05) is 20.8 Å². The maximum absolute atomic E-state index is 13.1. The van der Waals surface area contributed by atoms with Gasteiger partial charge in [-0.25, -0.2) is 0 Å². The molecule has 1 fully saturated rings. The van der Waals surface area contributed by atoms with Gasteiger partial charge in [0, 0.05) is 37.4 Å². The van der Waals surface area contributed by atoms with Crippen LogP contribution in [-0.4, -0.2) is 62.1 Å². The van der Waals surface area contributed by atoms with Crippen LogP contribution >= 0.6 is 11.3 Å². The van der Waals surface area contributed by atoms with E-state index in [1.165, 1.54) is 28.2 Å². The van der Waals surface area contributed by atoms with E-state index >= 15 is 0 Å². The van der Waals surface area contributed by atoms with E-state index in [9.17, 15) is 4.79 Å². The van der Waals surface area contributed by atoms with Crippen molar-refractivity contribution in [2.45, 2.75) is 34.6 Å². The standard InChI is InChI=1S/C27H35N5O4S/c1-6-34-22-16-20(17-23(35-7-2)24(22)36-8-3)25(33)28-26-29-30-27(37-26)32-13-11-31(12-14-32)21-15-18(4)9-10-19(21)5/h9-10,15-17H,6-8,11-14H2,1-5H3,(H,28,29,33). The van der Waals surface area contributed by atoms with Crippen LogP contribution in [0.1, 0.15) is 42.3 Å². The second-order valence-electron chi connectivity index (χ2n) is 8.71. The Kier molecular flexibility index (Phi) is 8.70. The van der Waals surface area contributed by atoms with Gasteiger partial charge in [0.05, 0.1) is 19.8 Å². The Labute approximate surface area is 222 Å². The number of piperazine rings is 1. The zero-order valence-corrected chi connectivity index (χ0v) is 23.0. The summed E-state index contributed by atoms with van der Waals surface area (Å²) in [6, 6.07) is 9.91. The van der Waals surface area contributed by atoms with Gasteiger partial charge in [-0.15, -0.1) is 10.2 Å². The van der Waals surface area contributed by atoms with Crippen LogP contribution in [0.15, 0.2) is 30.3 Å². The summed E-state index contributed by atoms with van der Waals surface area (Å²) in [5.74, 6) is 1.13. The molecule has 4 rings (SSSR count). The van der Waals surface area contributed by atoms with Gasteiger partial charge in [-0.2, -0.15) is 0 Å². The molecule has 198 valence electrons. The number of carbonyl (C=O) groups excluding carboxylic acids is 1. The van der Waals surface area contributed by atoms with Crippen molar-refractivity contribution >= 4 is 33.2 Å². The third kappa shape index (κ3) is 6.25. The lowest BCUT2D eigenvalue weighted by molar-refractivity contribution is 0.102. The summed E-state index contributed by atoms with van der Waals surface area (Å²) in [5.41, 5.74) is 4.24. The van der Waals surface area contributed by atoms with Gasteiger partial charge in [-0.3, -0.25) is 10.1 Å². The molecule has 1 aromatic heterocycles. The van der Waals surface area contributed by atoms with E-state index in [0.717, 1.165) is 31.3 Å². The van der Waals surface area contributed by atoms with Crippen LogP contribution in [0.2, 0.25) is 0 Å². The van der Waals surface area contributed by atoms with Crippen LogP contribution in [0.5, 0.6) is 17.2 Å². The highest BCUT2D eigenvalue weighted by Gasteiger charge is 2.23. The molecule has 0 aliphatic carbocycles. The van der Waals surface area contributed by atoms with Crippen LogP contribution in [0.3, 0.4) is 0 Å². The molecule has 1 aliphatic rings. The summed E-state index contributed by atoms with van der Waals surface area (Å²) in [6.45, 7) is 14.7. The topological polar surface area (TPSA) is 89.0 Å². The van der Waals surface area contributed by atoms with Gasteiger partial charge in [0.2, 0.25) is 16.0 Å². The Morgan fingerprint density at radius 3 is 2.14 bits per heavy atom. The number of carbonyl (C=O) groups is 1. The summed E-state index contributed by atoms with van der Waals surface area (Å²) in [6.07, 6.45) is 0. The molecule has 0 unspecified atom stereocenters. The third-order valence-electron chi connectivity index (χ3n) is 6.06. The van der Waals surface area contributed by atoms with E-state index in [4.69, 9.17) is 14.2 Å². The normalized spacial score (nSPS) is 13.4. The van der Waals surface area contributed by atoms with E-state index < -0.39 is 0 Å².